The lowest BCUT2D eigenvalue weighted by Crippen LogP contribution is -2.34. The van der Waals surface area contributed by atoms with Crippen LogP contribution in [0.15, 0.2) is 0 Å². The Bertz CT molecular complexity index is 185. The highest BCUT2D eigenvalue weighted by Crippen LogP contribution is 1.84. The lowest BCUT2D eigenvalue weighted by Gasteiger charge is -2.17. The van der Waals surface area contributed by atoms with E-state index >= 15 is 0 Å². The number of nitrogens with one attached hydrogen (secondary N) is 2. The molecule has 5 heteroatoms. The molecule has 0 aromatic carbocycles. The molecule has 0 aromatic heterocycles. The van der Waals surface area contributed by atoms with Gasteiger partial charge in [0.25, 0.3) is 0 Å². The van der Waals surface area contributed by atoms with Gasteiger partial charge in [-0.15, -0.1) is 0 Å². The fraction of sp³-hybridized carbons (Fsp3) is 0.917. The average Bonchev–Trinajstić information content (AvgIpc) is 2.34. The summed E-state index contributed by atoms with van der Waals surface area (Å²) < 4.78 is 4.85. The minimum Gasteiger partial charge on any atom is -0.383 e. The standard InChI is InChI=1S/C12H27N3O2/c1-4-15(5-2)10-8-13-7-6-12(16)14-9-11-17-3/h13H,4-11H2,1-3H3,(H,14,16). The van der Waals surface area contributed by atoms with Gasteiger partial charge in [-0.05, 0) is 13.1 Å². The number of carbonyl (C=O) groups is 1. The van der Waals surface area contributed by atoms with E-state index in [2.05, 4.69) is 29.4 Å². The molecule has 0 saturated carbocycles. The number of amides is 1. The van der Waals surface area contributed by atoms with Crippen LogP contribution in [0.3, 0.4) is 0 Å². The average molecular weight is 245 g/mol. The first-order valence-electron chi connectivity index (χ1n) is 6.43. The van der Waals surface area contributed by atoms with E-state index in [9.17, 15) is 4.79 Å². The number of hydrogen-bond acceptors (Lipinski definition) is 4. The molecule has 2 N–H and O–H groups in total. The molecule has 0 atom stereocenters. The Morgan fingerprint density at radius 3 is 2.47 bits per heavy atom. The maximum absolute atomic E-state index is 11.3. The third kappa shape index (κ3) is 10.2. The maximum Gasteiger partial charge on any atom is 0.221 e. The van der Waals surface area contributed by atoms with Gasteiger partial charge in [0.15, 0.2) is 0 Å². The molecule has 0 rings (SSSR count). The molecule has 0 spiro atoms. The predicted molar refractivity (Wildman–Crippen MR) is 70.2 cm³/mol. The van der Waals surface area contributed by atoms with Gasteiger partial charge in [0.1, 0.15) is 0 Å². The van der Waals surface area contributed by atoms with Gasteiger partial charge in [-0.2, -0.15) is 0 Å². The van der Waals surface area contributed by atoms with Gasteiger partial charge in [0, 0.05) is 39.7 Å². The monoisotopic (exact) mass is 245 g/mol. The van der Waals surface area contributed by atoms with Crippen LogP contribution in [0.5, 0.6) is 0 Å². The van der Waals surface area contributed by atoms with Crippen LogP contribution in [-0.4, -0.2) is 63.8 Å². The van der Waals surface area contributed by atoms with E-state index in [0.717, 1.165) is 32.7 Å². The van der Waals surface area contributed by atoms with E-state index in [-0.39, 0.29) is 5.91 Å². The van der Waals surface area contributed by atoms with Gasteiger partial charge in [-0.25, -0.2) is 0 Å². The molecule has 102 valence electrons. The normalized spacial score (nSPS) is 10.8. The van der Waals surface area contributed by atoms with Crippen LogP contribution in [-0.2, 0) is 9.53 Å². The summed E-state index contributed by atoms with van der Waals surface area (Å²) >= 11 is 0. The second-order valence-electron chi connectivity index (χ2n) is 3.87. The molecule has 0 saturated heterocycles. The summed E-state index contributed by atoms with van der Waals surface area (Å²) in [4.78, 5) is 13.7. The maximum atomic E-state index is 11.3. The Kier molecular flexibility index (Phi) is 11.4. The summed E-state index contributed by atoms with van der Waals surface area (Å²) in [5.41, 5.74) is 0. The van der Waals surface area contributed by atoms with Crippen molar-refractivity contribution in [3.8, 4) is 0 Å². The predicted octanol–water partition coefficient (Wildman–Crippen LogP) is 0.0705. The van der Waals surface area contributed by atoms with E-state index in [1.165, 1.54) is 0 Å². The third-order valence-corrected chi connectivity index (χ3v) is 2.66. The number of likely N-dealkylation sites (N-methyl/N-ethyl adjacent to an activating group) is 1. The van der Waals surface area contributed by atoms with Gasteiger partial charge in [0.2, 0.25) is 5.91 Å². The van der Waals surface area contributed by atoms with Crippen molar-refractivity contribution in [2.24, 2.45) is 0 Å². The lowest BCUT2D eigenvalue weighted by atomic mass is 10.4. The number of carbonyl (C=O) groups excluding carboxylic acids is 1. The zero-order valence-corrected chi connectivity index (χ0v) is 11.4. The first-order valence-corrected chi connectivity index (χ1v) is 6.43. The first-order chi connectivity index (χ1) is 8.24. The zero-order chi connectivity index (χ0) is 12.9. The van der Waals surface area contributed by atoms with E-state index in [1.807, 2.05) is 0 Å². The third-order valence-electron chi connectivity index (χ3n) is 2.66. The van der Waals surface area contributed by atoms with Crippen LogP contribution in [0.2, 0.25) is 0 Å². The van der Waals surface area contributed by atoms with Gasteiger partial charge >= 0.3 is 0 Å². The molecule has 0 bridgehead atoms. The quantitative estimate of drug-likeness (QED) is 0.506. The van der Waals surface area contributed by atoms with E-state index < -0.39 is 0 Å². The van der Waals surface area contributed by atoms with Crippen molar-refractivity contribution in [1.29, 1.82) is 0 Å². The summed E-state index contributed by atoms with van der Waals surface area (Å²) in [5, 5.41) is 6.06. The van der Waals surface area contributed by atoms with Crippen molar-refractivity contribution in [3.63, 3.8) is 0 Å². The highest BCUT2D eigenvalue weighted by Gasteiger charge is 2.00. The van der Waals surface area contributed by atoms with Crippen LogP contribution < -0.4 is 10.6 Å². The molecule has 0 heterocycles. The van der Waals surface area contributed by atoms with Crippen molar-refractivity contribution >= 4 is 5.91 Å². The van der Waals surface area contributed by atoms with Crippen LogP contribution >= 0.6 is 0 Å². The Hall–Kier alpha value is -0.650. The van der Waals surface area contributed by atoms with Gasteiger partial charge in [0.05, 0.1) is 6.61 Å². The summed E-state index contributed by atoms with van der Waals surface area (Å²) in [5.74, 6) is 0.0809. The van der Waals surface area contributed by atoms with Crippen LogP contribution in [0, 0.1) is 0 Å². The highest BCUT2D eigenvalue weighted by molar-refractivity contribution is 5.75. The first kappa shape index (κ1) is 16.4. The fourth-order valence-electron chi connectivity index (χ4n) is 1.48. The molecule has 0 aliphatic heterocycles. The number of nitrogens with zero attached hydrogens (tertiary/aromatic N) is 1. The minimum absolute atomic E-state index is 0.0809. The SMILES string of the molecule is CCN(CC)CCNCCC(=O)NCCOC. The van der Waals surface area contributed by atoms with Crippen molar-refractivity contribution in [1.82, 2.24) is 15.5 Å². The van der Waals surface area contributed by atoms with Crippen LogP contribution in [0.25, 0.3) is 0 Å². The highest BCUT2D eigenvalue weighted by atomic mass is 16.5. The number of rotatable bonds is 11. The molecule has 0 fully saturated rings. The molecule has 1 amide bonds. The van der Waals surface area contributed by atoms with E-state index in [0.29, 0.717) is 19.6 Å². The molecule has 0 unspecified atom stereocenters. The largest absolute Gasteiger partial charge is 0.383 e. The molecular formula is C12H27N3O2. The van der Waals surface area contributed by atoms with Crippen LogP contribution in [0.4, 0.5) is 0 Å². The topological polar surface area (TPSA) is 53.6 Å². The molecule has 0 aliphatic rings. The second-order valence-corrected chi connectivity index (χ2v) is 3.87. The van der Waals surface area contributed by atoms with Crippen molar-refractivity contribution in [2.75, 3.05) is 53.0 Å². The van der Waals surface area contributed by atoms with E-state index in [4.69, 9.17) is 4.74 Å². The fourth-order valence-corrected chi connectivity index (χ4v) is 1.48. The summed E-state index contributed by atoms with van der Waals surface area (Å²) in [6.45, 7) is 10.4. The number of hydrogen-bond donors (Lipinski definition) is 2. The molecular weight excluding hydrogens is 218 g/mol. The molecule has 5 nitrogen and oxygen atoms in total. The van der Waals surface area contributed by atoms with Gasteiger partial charge in [-0.1, -0.05) is 13.8 Å². The van der Waals surface area contributed by atoms with Gasteiger partial charge in [-0.3, -0.25) is 4.79 Å². The van der Waals surface area contributed by atoms with Crippen molar-refractivity contribution in [2.45, 2.75) is 20.3 Å². The number of methoxy groups -OCH3 is 1. The molecule has 17 heavy (non-hydrogen) atoms. The van der Waals surface area contributed by atoms with Crippen molar-refractivity contribution in [3.05, 3.63) is 0 Å². The Morgan fingerprint density at radius 2 is 1.88 bits per heavy atom. The molecule has 0 aliphatic carbocycles. The molecule has 0 radical (unpaired) electrons. The molecule has 0 aromatic rings. The zero-order valence-electron chi connectivity index (χ0n) is 11.4. The Labute approximate surface area is 105 Å². The van der Waals surface area contributed by atoms with E-state index in [1.54, 1.807) is 7.11 Å². The van der Waals surface area contributed by atoms with Crippen molar-refractivity contribution < 1.29 is 9.53 Å². The minimum atomic E-state index is 0.0809. The van der Waals surface area contributed by atoms with Gasteiger partial charge < -0.3 is 20.3 Å². The summed E-state index contributed by atoms with van der Waals surface area (Å²) in [7, 11) is 1.63. The summed E-state index contributed by atoms with van der Waals surface area (Å²) in [6.07, 6.45) is 0.530. The number of ether oxygens (including phenoxy) is 1. The smallest absolute Gasteiger partial charge is 0.221 e. The summed E-state index contributed by atoms with van der Waals surface area (Å²) in [6, 6.07) is 0. The second kappa shape index (κ2) is 11.8. The van der Waals surface area contributed by atoms with Crippen LogP contribution in [0.1, 0.15) is 20.3 Å². The lowest BCUT2D eigenvalue weighted by molar-refractivity contribution is -0.121. The Morgan fingerprint density at radius 1 is 1.18 bits per heavy atom. The Balaban J connectivity index is 3.29.